The van der Waals surface area contributed by atoms with Crippen molar-refractivity contribution < 1.29 is 17.6 Å². The second kappa shape index (κ2) is 5.79. The van der Waals surface area contributed by atoms with Crippen molar-refractivity contribution in [3.8, 4) is 10.4 Å². The summed E-state index contributed by atoms with van der Waals surface area (Å²) in [5.41, 5.74) is 1.74. The molecule has 1 aromatic heterocycles. The summed E-state index contributed by atoms with van der Waals surface area (Å²) in [5, 5.41) is 2.69. The number of anilines is 1. The molecule has 1 N–H and O–H groups in total. The van der Waals surface area contributed by atoms with Crippen LogP contribution in [0, 0.1) is 5.82 Å². The van der Waals surface area contributed by atoms with Gasteiger partial charge in [0, 0.05) is 16.1 Å². The summed E-state index contributed by atoms with van der Waals surface area (Å²) < 4.78 is 37.8. The van der Waals surface area contributed by atoms with Crippen LogP contribution in [0.1, 0.15) is 15.2 Å². The van der Waals surface area contributed by atoms with E-state index in [9.17, 15) is 17.6 Å². The lowest BCUT2D eigenvalue weighted by Crippen LogP contribution is -2.11. The SMILES string of the molecule is O=C(Nc1ccc(F)cc1)c1cc2c(s1)-c1ccccc1S(=O)(=O)C2. The number of carbonyl (C=O) groups excluding carboxylic acids is 1. The number of carbonyl (C=O) groups is 1. The van der Waals surface area contributed by atoms with Crippen molar-refractivity contribution >= 4 is 32.8 Å². The van der Waals surface area contributed by atoms with E-state index in [1.54, 1.807) is 30.3 Å². The monoisotopic (exact) mass is 373 g/mol. The molecular weight excluding hydrogens is 361 g/mol. The van der Waals surface area contributed by atoms with E-state index in [-0.39, 0.29) is 17.5 Å². The minimum Gasteiger partial charge on any atom is -0.321 e. The second-order valence-corrected chi connectivity index (χ2v) is 8.69. The number of fused-ring (bicyclic) bond motifs is 3. The Bertz CT molecular complexity index is 1090. The summed E-state index contributed by atoms with van der Waals surface area (Å²) in [6.45, 7) is 0. The van der Waals surface area contributed by atoms with E-state index < -0.39 is 9.84 Å². The molecule has 1 aliphatic heterocycles. The maximum Gasteiger partial charge on any atom is 0.265 e. The summed E-state index contributed by atoms with van der Waals surface area (Å²) in [6, 6.07) is 13.9. The Morgan fingerprint density at radius 1 is 1.08 bits per heavy atom. The average molecular weight is 373 g/mol. The van der Waals surface area contributed by atoms with Gasteiger partial charge in [-0.2, -0.15) is 0 Å². The van der Waals surface area contributed by atoms with Gasteiger partial charge in [0.2, 0.25) is 0 Å². The summed E-state index contributed by atoms with van der Waals surface area (Å²) >= 11 is 1.26. The minimum absolute atomic E-state index is 0.111. The summed E-state index contributed by atoms with van der Waals surface area (Å²) in [5.74, 6) is -0.841. The van der Waals surface area contributed by atoms with Crippen LogP contribution >= 0.6 is 11.3 Å². The van der Waals surface area contributed by atoms with Gasteiger partial charge < -0.3 is 5.32 Å². The van der Waals surface area contributed by atoms with Crippen LogP contribution in [0.15, 0.2) is 59.5 Å². The van der Waals surface area contributed by atoms with Crippen LogP contribution < -0.4 is 5.32 Å². The molecule has 1 amide bonds. The van der Waals surface area contributed by atoms with Gasteiger partial charge in [0.05, 0.1) is 15.5 Å². The number of halogens is 1. The molecule has 0 aliphatic carbocycles. The molecule has 3 aromatic rings. The zero-order chi connectivity index (χ0) is 17.6. The summed E-state index contributed by atoms with van der Waals surface area (Å²) in [4.78, 5) is 14.0. The zero-order valence-corrected chi connectivity index (χ0v) is 14.5. The topological polar surface area (TPSA) is 63.2 Å². The second-order valence-electron chi connectivity index (χ2n) is 5.68. The first kappa shape index (κ1) is 16.0. The Hall–Kier alpha value is -2.51. The highest BCUT2D eigenvalue weighted by Crippen LogP contribution is 2.42. The van der Waals surface area contributed by atoms with Gasteiger partial charge in [-0.1, -0.05) is 18.2 Å². The van der Waals surface area contributed by atoms with Gasteiger partial charge in [-0.25, -0.2) is 12.8 Å². The first-order valence-electron chi connectivity index (χ1n) is 7.46. The van der Waals surface area contributed by atoms with E-state index >= 15 is 0 Å². The molecule has 126 valence electrons. The fraction of sp³-hybridized carbons (Fsp3) is 0.0556. The van der Waals surface area contributed by atoms with Crippen molar-refractivity contribution in [3.05, 3.63) is 70.9 Å². The Kier molecular flexibility index (Phi) is 3.70. The van der Waals surface area contributed by atoms with Crippen LogP contribution in [-0.4, -0.2) is 14.3 Å². The number of benzene rings is 2. The van der Waals surface area contributed by atoms with E-state index in [2.05, 4.69) is 5.32 Å². The molecule has 0 bridgehead atoms. The Balaban J connectivity index is 1.71. The first-order valence-corrected chi connectivity index (χ1v) is 9.93. The first-order chi connectivity index (χ1) is 11.9. The molecule has 0 radical (unpaired) electrons. The minimum atomic E-state index is -3.40. The van der Waals surface area contributed by atoms with E-state index in [0.29, 0.717) is 26.6 Å². The molecule has 0 saturated carbocycles. The highest BCUT2D eigenvalue weighted by atomic mass is 32.2. The van der Waals surface area contributed by atoms with Crippen LogP contribution in [0.25, 0.3) is 10.4 Å². The van der Waals surface area contributed by atoms with Crippen molar-refractivity contribution in [1.82, 2.24) is 0 Å². The van der Waals surface area contributed by atoms with Crippen LogP contribution in [0.2, 0.25) is 0 Å². The average Bonchev–Trinajstić information content (AvgIpc) is 3.00. The van der Waals surface area contributed by atoms with Crippen LogP contribution in [0.4, 0.5) is 10.1 Å². The predicted octanol–water partition coefficient (Wildman–Crippen LogP) is 4.09. The number of rotatable bonds is 2. The molecule has 0 atom stereocenters. The Morgan fingerprint density at radius 2 is 1.80 bits per heavy atom. The lowest BCUT2D eigenvalue weighted by molar-refractivity contribution is 0.103. The van der Waals surface area contributed by atoms with E-state index in [1.807, 2.05) is 0 Å². The number of nitrogens with one attached hydrogen (secondary N) is 1. The molecule has 4 rings (SSSR count). The maximum absolute atomic E-state index is 12.9. The van der Waals surface area contributed by atoms with Crippen LogP contribution in [-0.2, 0) is 15.6 Å². The molecule has 0 unspecified atom stereocenters. The van der Waals surface area contributed by atoms with Gasteiger partial charge in [0.25, 0.3) is 5.91 Å². The third-order valence-corrected chi connectivity index (χ3v) is 6.87. The fourth-order valence-corrected chi connectivity index (χ4v) is 5.66. The summed E-state index contributed by atoms with van der Waals surface area (Å²) in [6.07, 6.45) is 0. The van der Waals surface area contributed by atoms with Crippen LogP contribution in [0.5, 0.6) is 0 Å². The van der Waals surface area contributed by atoms with Gasteiger partial charge >= 0.3 is 0 Å². The van der Waals surface area contributed by atoms with Gasteiger partial charge in [-0.3, -0.25) is 4.79 Å². The molecule has 0 saturated heterocycles. The molecule has 2 aromatic carbocycles. The number of sulfone groups is 1. The fourth-order valence-electron chi connectivity index (χ4n) is 2.81. The number of thiophene rings is 1. The highest BCUT2D eigenvalue weighted by molar-refractivity contribution is 7.91. The molecule has 0 fully saturated rings. The van der Waals surface area contributed by atoms with Gasteiger partial charge in [0.1, 0.15) is 5.82 Å². The Labute approximate surface area is 147 Å². The largest absolute Gasteiger partial charge is 0.321 e. The quantitative estimate of drug-likeness (QED) is 0.736. The normalized spacial score (nSPS) is 14.4. The van der Waals surface area contributed by atoms with E-state index in [0.717, 1.165) is 4.88 Å². The van der Waals surface area contributed by atoms with Crippen molar-refractivity contribution in [1.29, 1.82) is 0 Å². The molecule has 7 heteroatoms. The van der Waals surface area contributed by atoms with Crippen molar-refractivity contribution in [2.24, 2.45) is 0 Å². The maximum atomic E-state index is 12.9. The number of hydrogen-bond donors (Lipinski definition) is 1. The lowest BCUT2D eigenvalue weighted by atomic mass is 10.1. The van der Waals surface area contributed by atoms with Crippen molar-refractivity contribution in [3.63, 3.8) is 0 Å². The van der Waals surface area contributed by atoms with Crippen molar-refractivity contribution in [2.75, 3.05) is 5.32 Å². The summed E-state index contributed by atoms with van der Waals surface area (Å²) in [7, 11) is -3.40. The molecule has 4 nitrogen and oxygen atoms in total. The zero-order valence-electron chi connectivity index (χ0n) is 12.8. The third kappa shape index (κ3) is 2.85. The van der Waals surface area contributed by atoms with Crippen molar-refractivity contribution in [2.45, 2.75) is 10.6 Å². The molecular formula is C18H12FNO3S2. The smallest absolute Gasteiger partial charge is 0.265 e. The predicted molar refractivity (Wildman–Crippen MR) is 95.0 cm³/mol. The number of hydrogen-bond acceptors (Lipinski definition) is 4. The van der Waals surface area contributed by atoms with Gasteiger partial charge in [0.15, 0.2) is 9.84 Å². The number of amides is 1. The molecule has 2 heterocycles. The molecule has 25 heavy (non-hydrogen) atoms. The third-order valence-electron chi connectivity index (χ3n) is 3.95. The lowest BCUT2D eigenvalue weighted by Gasteiger charge is -2.15. The van der Waals surface area contributed by atoms with Gasteiger partial charge in [-0.15, -0.1) is 11.3 Å². The Morgan fingerprint density at radius 3 is 2.56 bits per heavy atom. The molecule has 0 spiro atoms. The van der Waals surface area contributed by atoms with Gasteiger partial charge in [-0.05, 0) is 42.0 Å². The van der Waals surface area contributed by atoms with E-state index in [1.165, 1.54) is 35.6 Å². The van der Waals surface area contributed by atoms with Crippen LogP contribution in [0.3, 0.4) is 0 Å². The van der Waals surface area contributed by atoms with E-state index in [4.69, 9.17) is 0 Å². The molecule has 1 aliphatic rings. The highest BCUT2D eigenvalue weighted by Gasteiger charge is 2.30. The standard InChI is InChI=1S/C18H12FNO3S2/c19-12-5-7-13(8-6-12)20-18(21)15-9-11-10-25(22,23)16-4-2-1-3-14(16)17(11)24-15/h1-9H,10H2,(H,20,21).